The van der Waals surface area contributed by atoms with Crippen molar-refractivity contribution in [3.8, 4) is 0 Å². The van der Waals surface area contributed by atoms with Gasteiger partial charge in [0.1, 0.15) is 15.8 Å². The van der Waals surface area contributed by atoms with Crippen molar-refractivity contribution < 1.29 is 36.3 Å². The number of carbonyl (C=O) groups excluding carboxylic acids is 3. The first-order chi connectivity index (χ1) is 15.2. The molecule has 1 aliphatic rings. The Bertz CT molecular complexity index is 1160. The van der Waals surface area contributed by atoms with E-state index in [-0.39, 0.29) is 22.7 Å². The van der Waals surface area contributed by atoms with Gasteiger partial charge in [0, 0.05) is 5.69 Å². The van der Waals surface area contributed by atoms with Gasteiger partial charge in [-0.2, -0.15) is 13.2 Å². The predicted molar refractivity (Wildman–Crippen MR) is 112 cm³/mol. The van der Waals surface area contributed by atoms with Crippen LogP contribution in [0.5, 0.6) is 0 Å². The molecule has 0 aliphatic heterocycles. The summed E-state index contributed by atoms with van der Waals surface area (Å²) >= 11 is 17.6. The number of rotatable bonds is 5. The largest absolute Gasteiger partial charge is 0.471 e. The SMILES string of the molecule is O=C(Nc1ccc(F)c(NC(=O)C(F)(F)F)c1F)c1cc(NC(=O)C2CC2(Cl)Cl)ccc1Cl. The Morgan fingerprint density at radius 2 is 1.64 bits per heavy atom. The van der Waals surface area contributed by atoms with E-state index in [2.05, 4.69) is 5.32 Å². The Morgan fingerprint density at radius 3 is 2.21 bits per heavy atom. The molecule has 1 saturated carbocycles. The van der Waals surface area contributed by atoms with Crippen LogP contribution < -0.4 is 16.0 Å². The number of benzene rings is 2. The van der Waals surface area contributed by atoms with E-state index in [1.54, 1.807) is 0 Å². The van der Waals surface area contributed by atoms with Crippen LogP contribution in [0.25, 0.3) is 0 Å². The van der Waals surface area contributed by atoms with Gasteiger partial charge in [0.05, 0.1) is 22.2 Å². The Balaban J connectivity index is 1.80. The zero-order valence-corrected chi connectivity index (χ0v) is 18.2. The van der Waals surface area contributed by atoms with Crippen molar-refractivity contribution >= 4 is 69.6 Å². The van der Waals surface area contributed by atoms with Crippen LogP contribution in [0.3, 0.4) is 0 Å². The Morgan fingerprint density at radius 1 is 1.00 bits per heavy atom. The van der Waals surface area contributed by atoms with Gasteiger partial charge in [-0.1, -0.05) is 11.6 Å². The lowest BCUT2D eigenvalue weighted by atomic mass is 10.1. The number of halogens is 8. The molecule has 2 aromatic carbocycles. The van der Waals surface area contributed by atoms with Crippen LogP contribution in [0.1, 0.15) is 16.8 Å². The van der Waals surface area contributed by atoms with Gasteiger partial charge in [-0.05, 0) is 36.8 Å². The summed E-state index contributed by atoms with van der Waals surface area (Å²) in [5.74, 6) is -7.97. The maximum Gasteiger partial charge on any atom is 0.471 e. The Kier molecular flexibility index (Phi) is 6.79. The molecule has 1 unspecified atom stereocenters. The molecule has 0 aromatic heterocycles. The molecule has 176 valence electrons. The average molecular weight is 531 g/mol. The average Bonchev–Trinajstić information content (AvgIpc) is 3.36. The summed E-state index contributed by atoms with van der Waals surface area (Å²) in [6.07, 6.45) is -5.16. The number of carbonyl (C=O) groups is 3. The number of nitrogens with one attached hydrogen (secondary N) is 3. The van der Waals surface area contributed by atoms with Crippen LogP contribution in [0.15, 0.2) is 30.3 Å². The van der Waals surface area contributed by atoms with E-state index in [9.17, 15) is 36.3 Å². The van der Waals surface area contributed by atoms with E-state index >= 15 is 0 Å². The lowest BCUT2D eigenvalue weighted by Gasteiger charge is -2.14. The number of anilines is 3. The highest BCUT2D eigenvalue weighted by molar-refractivity contribution is 6.52. The highest BCUT2D eigenvalue weighted by Gasteiger charge is 2.56. The summed E-state index contributed by atoms with van der Waals surface area (Å²) in [5.41, 5.74) is -2.27. The van der Waals surface area contributed by atoms with Gasteiger partial charge in [-0.3, -0.25) is 14.4 Å². The first kappa shape index (κ1) is 25.0. The third-order valence-corrected chi connectivity index (χ3v) is 5.62. The van der Waals surface area contributed by atoms with Crippen molar-refractivity contribution in [2.24, 2.45) is 5.92 Å². The summed E-state index contributed by atoms with van der Waals surface area (Å²) < 4.78 is 64.4. The molecular weight excluding hydrogens is 520 g/mol. The molecule has 1 atom stereocenters. The third kappa shape index (κ3) is 5.66. The molecule has 0 bridgehead atoms. The van der Waals surface area contributed by atoms with Crippen molar-refractivity contribution in [2.45, 2.75) is 16.9 Å². The fraction of sp³-hybridized carbons (Fsp3) is 0.211. The van der Waals surface area contributed by atoms with Gasteiger partial charge in [0.2, 0.25) is 5.91 Å². The molecule has 3 N–H and O–H groups in total. The van der Waals surface area contributed by atoms with E-state index in [4.69, 9.17) is 34.8 Å². The maximum absolute atomic E-state index is 14.5. The molecule has 0 heterocycles. The van der Waals surface area contributed by atoms with E-state index in [1.165, 1.54) is 12.1 Å². The minimum Gasteiger partial charge on any atom is -0.326 e. The van der Waals surface area contributed by atoms with Crippen molar-refractivity contribution in [3.63, 3.8) is 0 Å². The molecule has 1 fully saturated rings. The molecule has 0 radical (unpaired) electrons. The fourth-order valence-electron chi connectivity index (χ4n) is 2.64. The zero-order valence-electron chi connectivity index (χ0n) is 15.9. The predicted octanol–water partition coefficient (Wildman–Crippen LogP) is 5.50. The number of alkyl halides is 5. The summed E-state index contributed by atoms with van der Waals surface area (Å²) in [4.78, 5) is 35.7. The minimum atomic E-state index is -5.40. The molecule has 3 rings (SSSR count). The Hall–Kier alpha value is -2.63. The third-order valence-electron chi connectivity index (χ3n) is 4.46. The van der Waals surface area contributed by atoms with Crippen LogP contribution in [-0.2, 0) is 9.59 Å². The molecular formula is C19H11Cl3F5N3O3. The molecule has 33 heavy (non-hydrogen) atoms. The zero-order chi connectivity index (χ0) is 24.7. The highest BCUT2D eigenvalue weighted by Crippen LogP contribution is 2.53. The first-order valence-electron chi connectivity index (χ1n) is 8.86. The Labute approximate surface area is 197 Å². The van der Waals surface area contributed by atoms with Gasteiger partial charge < -0.3 is 16.0 Å². The normalized spacial score (nSPS) is 16.7. The molecule has 0 spiro atoms. The number of hydrogen-bond donors (Lipinski definition) is 3. The summed E-state index contributed by atoms with van der Waals surface area (Å²) in [6.45, 7) is 0. The summed E-state index contributed by atoms with van der Waals surface area (Å²) in [7, 11) is 0. The standard InChI is InChI=1S/C19H11Cl3F5N3O3/c20-10-2-1-7(28-16(32)9-6-18(9,21)22)5-8(10)15(31)29-12-4-3-11(23)14(13(12)24)30-17(33)19(25,26)27/h1-5,9H,6H2,(H,28,32)(H,29,31)(H,30,33). The summed E-state index contributed by atoms with van der Waals surface area (Å²) in [5, 5.41) is 5.47. The summed E-state index contributed by atoms with van der Waals surface area (Å²) in [6, 6.07) is 5.05. The van der Waals surface area contributed by atoms with Crippen LogP contribution in [0.4, 0.5) is 39.0 Å². The first-order valence-corrected chi connectivity index (χ1v) is 10.00. The van der Waals surface area contributed by atoms with Gasteiger partial charge in [0.15, 0.2) is 5.82 Å². The lowest BCUT2D eigenvalue weighted by Crippen LogP contribution is -2.31. The minimum absolute atomic E-state index is 0.117. The molecule has 3 amide bonds. The van der Waals surface area contributed by atoms with Gasteiger partial charge >= 0.3 is 12.1 Å². The quantitative estimate of drug-likeness (QED) is 0.352. The van der Waals surface area contributed by atoms with Gasteiger partial charge in [0.25, 0.3) is 5.91 Å². The second kappa shape index (κ2) is 8.96. The van der Waals surface area contributed by atoms with Crippen molar-refractivity contribution in [1.29, 1.82) is 0 Å². The molecule has 2 aromatic rings. The maximum atomic E-state index is 14.5. The topological polar surface area (TPSA) is 87.3 Å². The van der Waals surface area contributed by atoms with Gasteiger partial charge in [-0.15, -0.1) is 23.2 Å². The molecule has 0 saturated heterocycles. The van der Waals surface area contributed by atoms with Crippen LogP contribution >= 0.6 is 34.8 Å². The number of amides is 3. The second-order valence-corrected chi connectivity index (χ2v) is 8.84. The van der Waals surface area contributed by atoms with Crippen molar-refractivity contribution in [2.75, 3.05) is 16.0 Å². The van der Waals surface area contributed by atoms with E-state index in [0.717, 1.165) is 17.4 Å². The smallest absolute Gasteiger partial charge is 0.326 e. The van der Waals surface area contributed by atoms with E-state index in [1.807, 2.05) is 5.32 Å². The van der Waals surface area contributed by atoms with E-state index < -0.39 is 57.2 Å². The lowest BCUT2D eigenvalue weighted by molar-refractivity contribution is -0.167. The molecule has 1 aliphatic carbocycles. The molecule has 14 heteroatoms. The highest BCUT2D eigenvalue weighted by atomic mass is 35.5. The van der Waals surface area contributed by atoms with Crippen molar-refractivity contribution in [3.05, 3.63) is 52.6 Å². The van der Waals surface area contributed by atoms with Crippen LogP contribution in [0, 0.1) is 17.6 Å². The van der Waals surface area contributed by atoms with Gasteiger partial charge in [-0.25, -0.2) is 8.78 Å². The molecule has 6 nitrogen and oxygen atoms in total. The fourth-order valence-corrected chi connectivity index (χ4v) is 3.35. The number of hydrogen-bond acceptors (Lipinski definition) is 3. The monoisotopic (exact) mass is 529 g/mol. The van der Waals surface area contributed by atoms with Crippen LogP contribution in [0.2, 0.25) is 5.02 Å². The van der Waals surface area contributed by atoms with Crippen molar-refractivity contribution in [1.82, 2.24) is 0 Å². The van der Waals surface area contributed by atoms with E-state index in [0.29, 0.717) is 6.07 Å². The second-order valence-electron chi connectivity index (χ2n) is 6.89. The van der Waals surface area contributed by atoms with Crippen LogP contribution in [-0.4, -0.2) is 28.2 Å².